The van der Waals surface area contributed by atoms with Crippen LogP contribution in [0.25, 0.3) is 0 Å². The molecule has 1 aromatic rings. The van der Waals surface area contributed by atoms with Crippen molar-refractivity contribution in [3.8, 4) is 0 Å². The van der Waals surface area contributed by atoms with E-state index in [0.29, 0.717) is 19.5 Å². The van der Waals surface area contributed by atoms with Crippen molar-refractivity contribution in [3.05, 3.63) is 35.6 Å². The minimum atomic E-state index is -4.50. The van der Waals surface area contributed by atoms with Crippen LogP contribution in [0.15, 0.2) is 24.3 Å². The molecule has 0 bridgehead atoms. The Morgan fingerprint density at radius 3 is 2.38 bits per heavy atom. The molecule has 2 rings (SSSR count). The summed E-state index contributed by atoms with van der Waals surface area (Å²) in [5.74, 6) is -1.66. The second kappa shape index (κ2) is 8.48. The van der Waals surface area contributed by atoms with Crippen molar-refractivity contribution in [1.29, 1.82) is 0 Å². The molecule has 1 atom stereocenters. The topological polar surface area (TPSA) is 49.9 Å². The number of alkyl halides is 3. The number of nitrogens with zero attached hydrogens (tertiary/aromatic N) is 2. The van der Waals surface area contributed by atoms with Gasteiger partial charge in [-0.3, -0.25) is 9.59 Å². The molecule has 1 fully saturated rings. The first-order chi connectivity index (χ1) is 12.2. The van der Waals surface area contributed by atoms with Crippen molar-refractivity contribution in [2.24, 2.45) is 0 Å². The first-order valence-corrected chi connectivity index (χ1v) is 8.20. The molecule has 1 saturated heterocycles. The fourth-order valence-corrected chi connectivity index (χ4v) is 2.69. The van der Waals surface area contributed by atoms with Crippen molar-refractivity contribution in [1.82, 2.24) is 9.80 Å². The van der Waals surface area contributed by atoms with Gasteiger partial charge in [0.1, 0.15) is 18.5 Å². The Balaban J connectivity index is 1.94. The number of hydrogen-bond donors (Lipinski definition) is 0. The van der Waals surface area contributed by atoms with E-state index in [4.69, 9.17) is 0 Å². The van der Waals surface area contributed by atoms with Crippen LogP contribution >= 0.6 is 0 Å². The van der Waals surface area contributed by atoms with E-state index >= 15 is 0 Å². The van der Waals surface area contributed by atoms with Gasteiger partial charge in [0.15, 0.2) is 0 Å². The molecular weight excluding hydrogens is 356 g/mol. The van der Waals surface area contributed by atoms with Gasteiger partial charge in [0.05, 0.1) is 5.56 Å². The van der Waals surface area contributed by atoms with Gasteiger partial charge in [-0.05, 0) is 25.5 Å². The summed E-state index contributed by atoms with van der Waals surface area (Å²) in [6.07, 6.45) is -5.29. The molecule has 2 amide bonds. The highest BCUT2D eigenvalue weighted by molar-refractivity contribution is 5.94. The number of amides is 2. The lowest BCUT2D eigenvalue weighted by Gasteiger charge is -2.25. The van der Waals surface area contributed by atoms with E-state index in [0.717, 1.165) is 0 Å². The van der Waals surface area contributed by atoms with Crippen molar-refractivity contribution in [3.63, 3.8) is 0 Å². The van der Waals surface area contributed by atoms with E-state index in [1.807, 2.05) is 0 Å². The van der Waals surface area contributed by atoms with E-state index < -0.39 is 36.5 Å². The average molecular weight is 376 g/mol. The molecule has 1 aromatic carbocycles. The monoisotopic (exact) mass is 376 g/mol. The quantitative estimate of drug-likeness (QED) is 0.759. The molecule has 1 heterocycles. The van der Waals surface area contributed by atoms with Crippen LogP contribution < -0.4 is 0 Å². The van der Waals surface area contributed by atoms with Gasteiger partial charge in [-0.2, -0.15) is 13.2 Å². The number of ether oxygens (including phenoxy) is 1. The number of hydrogen-bond acceptors (Lipinski definition) is 3. The lowest BCUT2D eigenvalue weighted by Crippen LogP contribution is -2.42. The molecule has 0 radical (unpaired) electrons. The molecule has 1 aliphatic heterocycles. The zero-order chi connectivity index (χ0) is 19.3. The van der Waals surface area contributed by atoms with Gasteiger partial charge in [0.25, 0.3) is 11.8 Å². The maximum atomic E-state index is 13.8. The summed E-state index contributed by atoms with van der Waals surface area (Å²) in [6, 6.07) is 5.62. The lowest BCUT2D eigenvalue weighted by molar-refractivity contribution is -0.188. The second-order valence-corrected chi connectivity index (χ2v) is 6.02. The third kappa shape index (κ3) is 5.42. The summed E-state index contributed by atoms with van der Waals surface area (Å²) in [5.41, 5.74) is -0.0471. The van der Waals surface area contributed by atoms with E-state index in [1.54, 1.807) is 6.07 Å². The summed E-state index contributed by atoms with van der Waals surface area (Å²) in [5, 5.41) is 0. The van der Waals surface area contributed by atoms with Crippen LogP contribution in [0.5, 0.6) is 0 Å². The maximum Gasteiger partial charge on any atom is 0.411 e. The maximum absolute atomic E-state index is 13.8. The first-order valence-electron chi connectivity index (χ1n) is 8.20. The molecule has 1 unspecified atom stereocenters. The number of carbonyl (C=O) groups is 2. The number of benzene rings is 1. The Labute approximate surface area is 148 Å². The van der Waals surface area contributed by atoms with Gasteiger partial charge in [-0.1, -0.05) is 12.1 Å². The van der Waals surface area contributed by atoms with Gasteiger partial charge < -0.3 is 14.5 Å². The molecule has 5 nitrogen and oxygen atoms in total. The van der Waals surface area contributed by atoms with Gasteiger partial charge in [-0.25, -0.2) is 4.39 Å². The Bertz CT molecular complexity index is 651. The SMILES string of the molecule is CC(OCC(F)(F)F)C(=O)N1CCCN(C(=O)c2ccccc2F)CC1. The molecule has 0 N–H and O–H groups in total. The predicted octanol–water partition coefficient (Wildman–Crippen LogP) is 2.47. The minimum absolute atomic E-state index is 0.0471. The summed E-state index contributed by atoms with van der Waals surface area (Å²) in [4.78, 5) is 27.5. The highest BCUT2D eigenvalue weighted by Crippen LogP contribution is 2.17. The number of carbonyl (C=O) groups excluding carboxylic acids is 2. The highest BCUT2D eigenvalue weighted by Gasteiger charge is 2.32. The van der Waals surface area contributed by atoms with Gasteiger partial charge in [-0.15, -0.1) is 0 Å². The minimum Gasteiger partial charge on any atom is -0.359 e. The van der Waals surface area contributed by atoms with Gasteiger partial charge in [0, 0.05) is 26.2 Å². The molecule has 0 saturated carbocycles. The van der Waals surface area contributed by atoms with Gasteiger partial charge >= 0.3 is 6.18 Å². The van der Waals surface area contributed by atoms with Crippen molar-refractivity contribution < 1.29 is 31.9 Å². The lowest BCUT2D eigenvalue weighted by atomic mass is 10.2. The molecule has 9 heteroatoms. The summed E-state index contributed by atoms with van der Waals surface area (Å²) in [7, 11) is 0. The molecule has 26 heavy (non-hydrogen) atoms. The highest BCUT2D eigenvalue weighted by atomic mass is 19.4. The van der Waals surface area contributed by atoms with E-state index in [1.165, 1.54) is 34.9 Å². The largest absolute Gasteiger partial charge is 0.411 e. The van der Waals surface area contributed by atoms with E-state index in [-0.39, 0.29) is 18.7 Å². The standard InChI is InChI=1S/C17H20F4N2O3/c1-12(26-11-17(19,20)21)15(24)22-7-4-8-23(10-9-22)16(25)13-5-2-3-6-14(13)18/h2-3,5-6,12H,4,7-11H2,1H3. The van der Waals surface area contributed by atoms with Crippen LogP contribution in [0, 0.1) is 5.82 Å². The summed E-state index contributed by atoms with van der Waals surface area (Å²) in [6.45, 7) is 0.713. The smallest absolute Gasteiger partial charge is 0.359 e. The van der Waals surface area contributed by atoms with Crippen LogP contribution in [-0.2, 0) is 9.53 Å². The fourth-order valence-electron chi connectivity index (χ4n) is 2.69. The van der Waals surface area contributed by atoms with Crippen LogP contribution in [0.2, 0.25) is 0 Å². The summed E-state index contributed by atoms with van der Waals surface area (Å²) < 4.78 is 54.9. The molecule has 1 aliphatic rings. The average Bonchev–Trinajstić information content (AvgIpc) is 2.84. The predicted molar refractivity (Wildman–Crippen MR) is 85.0 cm³/mol. The molecular formula is C17H20F4N2O3. The number of halogens is 4. The van der Waals surface area contributed by atoms with E-state index in [2.05, 4.69) is 4.74 Å². The number of rotatable bonds is 4. The Kier molecular flexibility index (Phi) is 6.57. The third-order valence-electron chi connectivity index (χ3n) is 4.04. The Morgan fingerprint density at radius 2 is 1.73 bits per heavy atom. The Morgan fingerprint density at radius 1 is 1.12 bits per heavy atom. The van der Waals surface area contributed by atoms with Crippen LogP contribution in [-0.4, -0.2) is 66.7 Å². The molecule has 0 aromatic heterocycles. The normalized spacial score (nSPS) is 17.0. The zero-order valence-electron chi connectivity index (χ0n) is 14.3. The fraction of sp³-hybridized carbons (Fsp3) is 0.529. The van der Waals surface area contributed by atoms with Crippen molar-refractivity contribution >= 4 is 11.8 Å². The third-order valence-corrected chi connectivity index (χ3v) is 4.04. The van der Waals surface area contributed by atoms with Crippen molar-refractivity contribution in [2.75, 3.05) is 32.8 Å². The van der Waals surface area contributed by atoms with Crippen LogP contribution in [0.3, 0.4) is 0 Å². The summed E-state index contributed by atoms with van der Waals surface area (Å²) >= 11 is 0. The van der Waals surface area contributed by atoms with E-state index in [9.17, 15) is 27.2 Å². The second-order valence-electron chi connectivity index (χ2n) is 6.02. The molecule has 144 valence electrons. The van der Waals surface area contributed by atoms with Crippen LogP contribution in [0.1, 0.15) is 23.7 Å². The van der Waals surface area contributed by atoms with Crippen LogP contribution in [0.4, 0.5) is 17.6 Å². The molecule has 0 spiro atoms. The van der Waals surface area contributed by atoms with Crippen molar-refractivity contribution in [2.45, 2.75) is 25.6 Å². The molecule has 0 aliphatic carbocycles. The van der Waals surface area contributed by atoms with Gasteiger partial charge in [0.2, 0.25) is 0 Å². The first kappa shape index (κ1) is 20.2. The zero-order valence-corrected chi connectivity index (χ0v) is 14.3. The Hall–Kier alpha value is -2.16.